The summed E-state index contributed by atoms with van der Waals surface area (Å²) in [5, 5.41) is 10.8. The minimum atomic E-state index is -4.12. The van der Waals surface area contributed by atoms with Gasteiger partial charge in [-0.2, -0.15) is 0 Å². The number of sulfonamides is 1. The molecule has 0 aromatic heterocycles. The topological polar surface area (TPSA) is 95.5 Å². The van der Waals surface area contributed by atoms with Gasteiger partial charge in [-0.05, 0) is 36.8 Å². The second-order valence-corrected chi connectivity index (χ2v) is 6.56. The van der Waals surface area contributed by atoms with Crippen LogP contribution in [0.15, 0.2) is 47.4 Å². The molecule has 0 aliphatic carbocycles. The van der Waals surface area contributed by atoms with Gasteiger partial charge in [0.25, 0.3) is 10.0 Å². The number of ether oxygens (including phenoxy) is 1. The number of nitrogens with one attached hydrogen (secondary N) is 1. The Labute approximate surface area is 138 Å². The molecule has 0 saturated heterocycles. The van der Waals surface area contributed by atoms with Crippen LogP contribution >= 0.6 is 0 Å². The number of hydrogen-bond acceptors (Lipinski definition) is 5. The molecule has 2 aromatic rings. The summed E-state index contributed by atoms with van der Waals surface area (Å²) in [6.07, 6.45) is 0.744. The summed E-state index contributed by atoms with van der Waals surface area (Å²) in [7, 11) is -4.12. The highest BCUT2D eigenvalue weighted by atomic mass is 32.2. The van der Waals surface area contributed by atoms with E-state index in [1.54, 1.807) is 18.2 Å². The van der Waals surface area contributed by atoms with Gasteiger partial charge in [0, 0.05) is 5.56 Å². The van der Waals surface area contributed by atoms with Gasteiger partial charge >= 0.3 is 0 Å². The Morgan fingerprint density at radius 2 is 1.96 bits per heavy atom. The van der Waals surface area contributed by atoms with Crippen molar-refractivity contribution in [1.82, 2.24) is 0 Å². The highest BCUT2D eigenvalue weighted by molar-refractivity contribution is 7.92. The van der Waals surface area contributed by atoms with Crippen molar-refractivity contribution in [3.8, 4) is 5.75 Å². The number of carbonyl (C=O) groups excluding carboxylic acids is 1. The van der Waals surface area contributed by atoms with E-state index in [2.05, 4.69) is 4.72 Å². The van der Waals surface area contributed by atoms with Gasteiger partial charge in [-0.1, -0.05) is 19.1 Å². The molecule has 0 amide bonds. The molecule has 0 spiro atoms. The summed E-state index contributed by atoms with van der Waals surface area (Å²) in [6.45, 7) is 2.32. The third kappa shape index (κ3) is 4.02. The standard InChI is InChI=1S/C16H16FNO5S/c1-2-9-23-15-6-4-3-5-14(15)18-24(21,22)11-7-8-13(17)12(10-11)16(19)20/h3-8,10,18H,2,9H2,1H3,(H,19,20)/p-1. The molecule has 0 unspecified atom stereocenters. The first-order valence-corrected chi connectivity index (χ1v) is 8.59. The monoisotopic (exact) mass is 352 g/mol. The number of halogens is 1. The molecule has 0 atom stereocenters. The molecule has 2 aromatic carbocycles. The number of carboxylic acid groups (broad SMARTS) is 1. The van der Waals surface area contributed by atoms with Gasteiger partial charge < -0.3 is 14.6 Å². The van der Waals surface area contributed by atoms with E-state index in [1.807, 2.05) is 6.92 Å². The first kappa shape index (κ1) is 17.7. The lowest BCUT2D eigenvalue weighted by molar-refractivity contribution is -0.255. The number of carbonyl (C=O) groups is 1. The minimum absolute atomic E-state index is 0.199. The molecule has 0 radical (unpaired) electrons. The Morgan fingerprint density at radius 3 is 2.62 bits per heavy atom. The van der Waals surface area contributed by atoms with Crippen LogP contribution in [0, 0.1) is 5.82 Å². The maximum atomic E-state index is 13.4. The van der Waals surface area contributed by atoms with Gasteiger partial charge in [0.15, 0.2) is 0 Å². The Bertz CT molecular complexity index is 851. The molecule has 128 valence electrons. The van der Waals surface area contributed by atoms with Crippen molar-refractivity contribution in [2.45, 2.75) is 18.2 Å². The number of hydrogen-bond donors (Lipinski definition) is 1. The van der Waals surface area contributed by atoms with Crippen molar-refractivity contribution in [3.63, 3.8) is 0 Å². The molecular formula is C16H15FNO5S-. The molecule has 24 heavy (non-hydrogen) atoms. The second-order valence-electron chi connectivity index (χ2n) is 4.88. The lowest BCUT2D eigenvalue weighted by Crippen LogP contribution is -2.24. The van der Waals surface area contributed by atoms with Gasteiger partial charge in [-0.25, -0.2) is 12.8 Å². The van der Waals surface area contributed by atoms with Crippen molar-refractivity contribution >= 4 is 21.7 Å². The van der Waals surface area contributed by atoms with Crippen molar-refractivity contribution in [3.05, 3.63) is 53.8 Å². The quantitative estimate of drug-likeness (QED) is 0.819. The zero-order chi connectivity index (χ0) is 17.7. The summed E-state index contributed by atoms with van der Waals surface area (Å²) < 4.78 is 46.0. The Balaban J connectivity index is 2.36. The molecule has 0 heterocycles. The average Bonchev–Trinajstić information content (AvgIpc) is 2.53. The van der Waals surface area contributed by atoms with E-state index < -0.39 is 32.3 Å². The summed E-state index contributed by atoms with van der Waals surface area (Å²) >= 11 is 0. The number of rotatable bonds is 7. The molecule has 0 fully saturated rings. The van der Waals surface area contributed by atoms with E-state index in [0.29, 0.717) is 18.4 Å². The van der Waals surface area contributed by atoms with Gasteiger partial charge in [0.2, 0.25) is 0 Å². The highest BCUT2D eigenvalue weighted by Crippen LogP contribution is 2.27. The Morgan fingerprint density at radius 1 is 1.25 bits per heavy atom. The third-order valence-corrected chi connectivity index (χ3v) is 4.42. The van der Waals surface area contributed by atoms with Gasteiger partial charge in [-0.15, -0.1) is 0 Å². The number of para-hydroxylation sites is 2. The van der Waals surface area contributed by atoms with Crippen LogP contribution < -0.4 is 14.6 Å². The van der Waals surface area contributed by atoms with Gasteiger partial charge in [-0.3, -0.25) is 4.72 Å². The zero-order valence-electron chi connectivity index (χ0n) is 12.8. The van der Waals surface area contributed by atoms with Crippen LogP contribution in [0.1, 0.15) is 23.7 Å². The van der Waals surface area contributed by atoms with Crippen molar-refractivity contribution in [2.75, 3.05) is 11.3 Å². The van der Waals surface area contributed by atoms with E-state index in [4.69, 9.17) is 4.74 Å². The van der Waals surface area contributed by atoms with Crippen LogP contribution in [-0.4, -0.2) is 21.0 Å². The molecule has 0 saturated carbocycles. The number of benzene rings is 2. The molecule has 0 aliphatic heterocycles. The van der Waals surface area contributed by atoms with Crippen LogP contribution in [0.2, 0.25) is 0 Å². The molecule has 2 rings (SSSR count). The molecule has 6 nitrogen and oxygen atoms in total. The summed E-state index contributed by atoms with van der Waals surface area (Å²) in [5.74, 6) is -2.53. The molecular weight excluding hydrogens is 337 g/mol. The van der Waals surface area contributed by atoms with Crippen molar-refractivity contribution in [1.29, 1.82) is 0 Å². The summed E-state index contributed by atoms with van der Waals surface area (Å²) in [5.41, 5.74) is -0.626. The summed E-state index contributed by atoms with van der Waals surface area (Å²) in [4.78, 5) is 10.5. The van der Waals surface area contributed by atoms with Crippen LogP contribution in [0.4, 0.5) is 10.1 Å². The predicted molar refractivity (Wildman–Crippen MR) is 83.8 cm³/mol. The van der Waals surface area contributed by atoms with Crippen molar-refractivity contribution < 1.29 is 27.4 Å². The first-order valence-electron chi connectivity index (χ1n) is 7.10. The number of aromatic carboxylic acids is 1. The highest BCUT2D eigenvalue weighted by Gasteiger charge is 2.18. The van der Waals surface area contributed by atoms with E-state index >= 15 is 0 Å². The van der Waals surface area contributed by atoms with Gasteiger partial charge in [0.05, 0.1) is 23.2 Å². The fraction of sp³-hybridized carbons (Fsp3) is 0.188. The Kier molecular flexibility index (Phi) is 5.40. The SMILES string of the molecule is CCCOc1ccccc1NS(=O)(=O)c1ccc(F)c(C(=O)[O-])c1. The minimum Gasteiger partial charge on any atom is -0.545 e. The Hall–Kier alpha value is -2.61. The number of anilines is 1. The van der Waals surface area contributed by atoms with E-state index in [0.717, 1.165) is 18.6 Å². The van der Waals surface area contributed by atoms with Crippen LogP contribution in [0.5, 0.6) is 5.75 Å². The molecule has 8 heteroatoms. The maximum Gasteiger partial charge on any atom is 0.262 e. The molecule has 0 aliphatic rings. The average molecular weight is 352 g/mol. The van der Waals surface area contributed by atoms with E-state index in [-0.39, 0.29) is 5.69 Å². The van der Waals surface area contributed by atoms with Crippen LogP contribution in [-0.2, 0) is 10.0 Å². The summed E-state index contributed by atoms with van der Waals surface area (Å²) in [6, 6.07) is 8.86. The van der Waals surface area contributed by atoms with Crippen molar-refractivity contribution in [2.24, 2.45) is 0 Å². The van der Waals surface area contributed by atoms with Gasteiger partial charge in [0.1, 0.15) is 11.6 Å². The normalized spacial score (nSPS) is 11.1. The second kappa shape index (κ2) is 7.31. The molecule has 1 N–H and O–H groups in total. The zero-order valence-corrected chi connectivity index (χ0v) is 13.6. The van der Waals surface area contributed by atoms with E-state index in [9.17, 15) is 22.7 Å². The fourth-order valence-electron chi connectivity index (χ4n) is 1.92. The smallest absolute Gasteiger partial charge is 0.262 e. The predicted octanol–water partition coefficient (Wildman–Crippen LogP) is 1.78. The van der Waals surface area contributed by atoms with Crippen LogP contribution in [0.25, 0.3) is 0 Å². The van der Waals surface area contributed by atoms with Crippen LogP contribution in [0.3, 0.4) is 0 Å². The largest absolute Gasteiger partial charge is 0.545 e. The maximum absolute atomic E-state index is 13.4. The third-order valence-electron chi connectivity index (χ3n) is 3.06. The lowest BCUT2D eigenvalue weighted by atomic mass is 10.2. The fourth-order valence-corrected chi connectivity index (χ4v) is 3.02. The lowest BCUT2D eigenvalue weighted by Gasteiger charge is -2.14. The van der Waals surface area contributed by atoms with E-state index in [1.165, 1.54) is 6.07 Å². The number of carboxylic acids is 1. The molecule has 0 bridgehead atoms. The first-order chi connectivity index (χ1) is 11.3.